The molecule has 1 aliphatic heterocycles. The van der Waals surface area contributed by atoms with Crippen molar-refractivity contribution < 1.29 is 4.74 Å². The highest BCUT2D eigenvalue weighted by molar-refractivity contribution is 7.16. The molecule has 0 aromatic carbocycles. The maximum absolute atomic E-state index is 5.57. The molecule has 3 N–H and O–H groups in total. The SMILES string of the molecule is COCC1CCCN(Cc2nc(NN)c3ccsc3n2)C1. The van der Waals surface area contributed by atoms with Gasteiger partial charge in [-0.1, -0.05) is 0 Å². The van der Waals surface area contributed by atoms with Crippen molar-refractivity contribution in [1.82, 2.24) is 14.9 Å². The maximum Gasteiger partial charge on any atom is 0.152 e. The Morgan fingerprint density at radius 2 is 2.43 bits per heavy atom. The van der Waals surface area contributed by atoms with Gasteiger partial charge in [0.1, 0.15) is 10.7 Å². The molecule has 1 aliphatic rings. The number of thiophene rings is 1. The van der Waals surface area contributed by atoms with Crippen LogP contribution < -0.4 is 11.3 Å². The van der Waals surface area contributed by atoms with Crippen LogP contribution in [-0.4, -0.2) is 41.7 Å². The van der Waals surface area contributed by atoms with E-state index >= 15 is 0 Å². The zero-order valence-electron chi connectivity index (χ0n) is 12.2. The van der Waals surface area contributed by atoms with Crippen LogP contribution in [0.4, 0.5) is 5.82 Å². The van der Waals surface area contributed by atoms with Crippen LogP contribution in [0.15, 0.2) is 11.4 Å². The van der Waals surface area contributed by atoms with Crippen LogP contribution in [0.2, 0.25) is 0 Å². The number of methoxy groups -OCH3 is 1. The van der Waals surface area contributed by atoms with Crippen molar-refractivity contribution >= 4 is 27.4 Å². The number of fused-ring (bicyclic) bond motifs is 1. The largest absolute Gasteiger partial charge is 0.384 e. The molecule has 2 aromatic rings. The van der Waals surface area contributed by atoms with Crippen molar-refractivity contribution in [2.45, 2.75) is 19.4 Å². The molecular weight excluding hydrogens is 286 g/mol. The second-order valence-electron chi connectivity index (χ2n) is 5.47. The van der Waals surface area contributed by atoms with Crippen molar-refractivity contribution in [2.24, 2.45) is 11.8 Å². The van der Waals surface area contributed by atoms with Crippen molar-refractivity contribution in [3.8, 4) is 0 Å². The van der Waals surface area contributed by atoms with Gasteiger partial charge in [-0.2, -0.15) is 0 Å². The van der Waals surface area contributed by atoms with Gasteiger partial charge in [-0.05, 0) is 36.8 Å². The molecule has 7 heteroatoms. The number of nitrogens with one attached hydrogen (secondary N) is 1. The van der Waals surface area contributed by atoms with Crippen LogP contribution in [0.25, 0.3) is 10.2 Å². The Morgan fingerprint density at radius 3 is 3.24 bits per heavy atom. The predicted molar refractivity (Wildman–Crippen MR) is 85.1 cm³/mol. The summed E-state index contributed by atoms with van der Waals surface area (Å²) >= 11 is 1.62. The molecule has 0 radical (unpaired) electrons. The van der Waals surface area contributed by atoms with Crippen molar-refractivity contribution in [2.75, 3.05) is 32.2 Å². The summed E-state index contributed by atoms with van der Waals surface area (Å²) in [6.45, 7) is 3.74. The minimum atomic E-state index is 0.612. The summed E-state index contributed by atoms with van der Waals surface area (Å²) in [5, 5.41) is 3.00. The van der Waals surface area contributed by atoms with Gasteiger partial charge in [0, 0.05) is 13.7 Å². The maximum atomic E-state index is 5.57. The fourth-order valence-corrected chi connectivity index (χ4v) is 3.73. The smallest absolute Gasteiger partial charge is 0.152 e. The number of nitrogens with zero attached hydrogens (tertiary/aromatic N) is 3. The normalized spacial score (nSPS) is 20.0. The van der Waals surface area contributed by atoms with E-state index in [1.165, 1.54) is 12.8 Å². The lowest BCUT2D eigenvalue weighted by molar-refractivity contribution is 0.0862. The van der Waals surface area contributed by atoms with Gasteiger partial charge in [0.15, 0.2) is 5.82 Å². The fraction of sp³-hybridized carbons (Fsp3) is 0.571. The summed E-state index contributed by atoms with van der Waals surface area (Å²) in [6.07, 6.45) is 2.45. The Morgan fingerprint density at radius 1 is 1.52 bits per heavy atom. The number of hydrogen-bond donors (Lipinski definition) is 2. The minimum Gasteiger partial charge on any atom is -0.384 e. The van der Waals surface area contributed by atoms with Gasteiger partial charge in [0.25, 0.3) is 0 Å². The third kappa shape index (κ3) is 3.32. The van der Waals surface area contributed by atoms with Crippen LogP contribution in [0.5, 0.6) is 0 Å². The molecule has 3 heterocycles. The zero-order chi connectivity index (χ0) is 14.7. The van der Waals surface area contributed by atoms with Gasteiger partial charge in [0.2, 0.25) is 0 Å². The lowest BCUT2D eigenvalue weighted by Crippen LogP contribution is -2.37. The quantitative estimate of drug-likeness (QED) is 0.648. The Labute approximate surface area is 128 Å². The van der Waals surface area contributed by atoms with E-state index in [0.717, 1.165) is 42.3 Å². The van der Waals surface area contributed by atoms with Gasteiger partial charge >= 0.3 is 0 Å². The van der Waals surface area contributed by atoms with E-state index < -0.39 is 0 Å². The second kappa shape index (κ2) is 6.65. The number of aromatic nitrogens is 2. The lowest BCUT2D eigenvalue weighted by Gasteiger charge is -2.31. The summed E-state index contributed by atoms with van der Waals surface area (Å²) in [4.78, 5) is 12.6. The molecule has 6 nitrogen and oxygen atoms in total. The summed E-state index contributed by atoms with van der Waals surface area (Å²) in [6, 6.07) is 1.99. The van der Waals surface area contributed by atoms with Crippen molar-refractivity contribution in [1.29, 1.82) is 0 Å². The molecule has 3 rings (SSSR count). The molecule has 2 aromatic heterocycles. The average molecular weight is 307 g/mol. The number of hydrazine groups is 1. The Balaban J connectivity index is 1.75. The van der Waals surface area contributed by atoms with E-state index in [1.54, 1.807) is 18.4 Å². The van der Waals surface area contributed by atoms with Gasteiger partial charge in [-0.15, -0.1) is 11.3 Å². The summed E-state index contributed by atoms with van der Waals surface area (Å²) in [7, 11) is 1.77. The number of hydrogen-bond acceptors (Lipinski definition) is 7. The number of nitrogens with two attached hydrogens (primary N) is 1. The van der Waals surface area contributed by atoms with E-state index in [9.17, 15) is 0 Å². The lowest BCUT2D eigenvalue weighted by atomic mass is 9.99. The molecular formula is C14H21N5OS. The highest BCUT2D eigenvalue weighted by Gasteiger charge is 2.21. The van der Waals surface area contributed by atoms with Gasteiger partial charge in [-0.3, -0.25) is 4.90 Å². The number of piperidine rings is 1. The Bertz CT molecular complexity index is 600. The van der Waals surface area contributed by atoms with Crippen molar-refractivity contribution in [3.63, 3.8) is 0 Å². The monoisotopic (exact) mass is 307 g/mol. The molecule has 21 heavy (non-hydrogen) atoms. The molecule has 0 amide bonds. The highest BCUT2D eigenvalue weighted by Crippen LogP contribution is 2.25. The number of nitrogen functional groups attached to an aromatic ring is 1. The van der Waals surface area contributed by atoms with E-state index in [1.807, 2.05) is 11.4 Å². The Hall–Kier alpha value is -1.28. The van der Waals surface area contributed by atoms with E-state index in [2.05, 4.69) is 20.3 Å². The second-order valence-corrected chi connectivity index (χ2v) is 6.37. The standard InChI is InChI=1S/C14H21N5OS/c1-20-9-10-3-2-5-19(7-10)8-12-16-13(18-15)11-4-6-21-14(11)17-12/h4,6,10H,2-3,5,7-9,15H2,1H3,(H,16,17,18). The molecule has 1 unspecified atom stereocenters. The van der Waals surface area contributed by atoms with E-state index in [0.29, 0.717) is 11.7 Å². The molecule has 1 saturated heterocycles. The minimum absolute atomic E-state index is 0.612. The van der Waals surface area contributed by atoms with Crippen LogP contribution in [0.3, 0.4) is 0 Å². The van der Waals surface area contributed by atoms with Crippen molar-refractivity contribution in [3.05, 3.63) is 17.3 Å². The predicted octanol–water partition coefficient (Wildman–Crippen LogP) is 1.84. The third-order valence-electron chi connectivity index (χ3n) is 3.88. The molecule has 1 fully saturated rings. The first-order chi connectivity index (χ1) is 10.3. The Kier molecular flexibility index (Phi) is 4.64. The fourth-order valence-electron chi connectivity index (χ4n) is 2.95. The summed E-state index contributed by atoms with van der Waals surface area (Å²) < 4.78 is 5.28. The van der Waals surface area contributed by atoms with Gasteiger partial charge in [-0.25, -0.2) is 15.8 Å². The van der Waals surface area contributed by atoms with E-state index in [-0.39, 0.29) is 0 Å². The van der Waals surface area contributed by atoms with Crippen LogP contribution in [0, 0.1) is 5.92 Å². The highest BCUT2D eigenvalue weighted by atomic mass is 32.1. The number of rotatable bonds is 5. The topological polar surface area (TPSA) is 76.3 Å². The first kappa shape index (κ1) is 14.6. The summed E-state index contributed by atoms with van der Waals surface area (Å²) in [5.41, 5.74) is 2.68. The van der Waals surface area contributed by atoms with Crippen LogP contribution in [-0.2, 0) is 11.3 Å². The van der Waals surface area contributed by atoms with Gasteiger partial charge in [0.05, 0.1) is 18.5 Å². The first-order valence-corrected chi connectivity index (χ1v) is 8.10. The number of likely N-dealkylation sites (tertiary alicyclic amines) is 1. The molecule has 114 valence electrons. The first-order valence-electron chi connectivity index (χ1n) is 7.22. The third-order valence-corrected chi connectivity index (χ3v) is 4.69. The molecule has 0 bridgehead atoms. The number of anilines is 1. The van der Waals surface area contributed by atoms with Gasteiger partial charge < -0.3 is 10.2 Å². The molecule has 0 saturated carbocycles. The van der Waals surface area contributed by atoms with Crippen LogP contribution >= 0.6 is 11.3 Å². The average Bonchev–Trinajstić information content (AvgIpc) is 2.95. The molecule has 1 atom stereocenters. The summed E-state index contributed by atoms with van der Waals surface area (Å²) in [5.74, 6) is 7.72. The zero-order valence-corrected chi connectivity index (χ0v) is 13.0. The molecule has 0 aliphatic carbocycles. The van der Waals surface area contributed by atoms with Crippen LogP contribution in [0.1, 0.15) is 18.7 Å². The number of ether oxygens (including phenoxy) is 1. The molecule has 0 spiro atoms. The van der Waals surface area contributed by atoms with E-state index in [4.69, 9.17) is 10.6 Å².